The first-order valence-electron chi connectivity index (χ1n) is 8.04. The predicted molar refractivity (Wildman–Crippen MR) is 93.8 cm³/mol. The Morgan fingerprint density at radius 1 is 1.07 bits per heavy atom. The van der Waals surface area contributed by atoms with Gasteiger partial charge in [0, 0.05) is 18.8 Å². The summed E-state index contributed by atoms with van der Waals surface area (Å²) in [6.07, 6.45) is -3.96. The first-order chi connectivity index (χ1) is 13.5. The third-order valence-corrected chi connectivity index (χ3v) is 4.15. The van der Waals surface area contributed by atoms with Crippen molar-refractivity contribution in [3.8, 4) is 22.4 Å². The van der Waals surface area contributed by atoms with Crippen LogP contribution in [-0.2, 0) is 13.2 Å². The van der Waals surface area contributed by atoms with E-state index in [4.69, 9.17) is 5.73 Å². The molecule has 0 saturated heterocycles. The van der Waals surface area contributed by atoms with Gasteiger partial charge in [0.1, 0.15) is 23.0 Å². The predicted octanol–water partition coefficient (Wildman–Crippen LogP) is 3.51. The fourth-order valence-corrected chi connectivity index (χ4v) is 2.83. The number of hydrogen-bond donors (Lipinski definition) is 1. The van der Waals surface area contributed by atoms with E-state index < -0.39 is 51.7 Å². The van der Waals surface area contributed by atoms with Crippen molar-refractivity contribution in [2.75, 3.05) is 0 Å². The number of aromatic nitrogens is 2. The van der Waals surface area contributed by atoms with Crippen LogP contribution in [-0.4, -0.2) is 15.5 Å². The van der Waals surface area contributed by atoms with E-state index in [1.54, 1.807) is 0 Å². The average Bonchev–Trinajstić information content (AvgIpc) is 2.63. The number of hydrogen-bond acceptors (Lipinski definition) is 3. The Morgan fingerprint density at radius 3 is 2.38 bits per heavy atom. The Kier molecular flexibility index (Phi) is 4.95. The number of nitrogens with two attached hydrogens (primary N) is 1. The van der Waals surface area contributed by atoms with E-state index in [2.05, 4.69) is 4.98 Å². The van der Waals surface area contributed by atoms with E-state index in [-0.39, 0.29) is 11.3 Å². The second-order valence-electron chi connectivity index (χ2n) is 6.11. The maximum absolute atomic E-state index is 14.4. The fraction of sp³-hybridized carbons (Fsp3) is 0.105. The molecule has 29 heavy (non-hydrogen) atoms. The molecule has 2 aromatic carbocycles. The zero-order chi connectivity index (χ0) is 21.5. The standard InChI is InChI=1S/C19H12F5N3O2/c1-27-8-14(17(25)28)26-16(18(27)29)11-7-9(5-6-12(11)20)10-3-2-4-13(21)15(10)19(22,23)24/h2-8H,1H3,(H2,25,28). The van der Waals surface area contributed by atoms with E-state index in [0.717, 1.165) is 41.1 Å². The Bertz CT molecular complexity index is 1190. The molecule has 0 radical (unpaired) electrons. The molecule has 0 aliphatic heterocycles. The summed E-state index contributed by atoms with van der Waals surface area (Å²) < 4.78 is 69.2. The molecule has 1 heterocycles. The molecule has 1 aromatic heterocycles. The lowest BCUT2D eigenvalue weighted by Crippen LogP contribution is -2.25. The van der Waals surface area contributed by atoms with E-state index >= 15 is 0 Å². The summed E-state index contributed by atoms with van der Waals surface area (Å²) in [5.41, 5.74) is 0.770. The van der Waals surface area contributed by atoms with Gasteiger partial charge in [-0.05, 0) is 29.3 Å². The monoisotopic (exact) mass is 409 g/mol. The van der Waals surface area contributed by atoms with Crippen LogP contribution in [0.3, 0.4) is 0 Å². The number of rotatable bonds is 3. The molecular weight excluding hydrogens is 397 g/mol. The number of halogens is 5. The van der Waals surface area contributed by atoms with Crippen molar-refractivity contribution in [1.29, 1.82) is 0 Å². The van der Waals surface area contributed by atoms with Gasteiger partial charge < -0.3 is 10.3 Å². The van der Waals surface area contributed by atoms with E-state index in [1.165, 1.54) is 7.05 Å². The molecule has 5 nitrogen and oxygen atoms in total. The van der Waals surface area contributed by atoms with Crippen LogP contribution in [0.1, 0.15) is 16.1 Å². The third-order valence-electron chi connectivity index (χ3n) is 4.15. The van der Waals surface area contributed by atoms with Gasteiger partial charge in [0.2, 0.25) is 0 Å². The van der Waals surface area contributed by atoms with Crippen LogP contribution in [0.5, 0.6) is 0 Å². The van der Waals surface area contributed by atoms with E-state index in [9.17, 15) is 31.5 Å². The minimum absolute atomic E-state index is 0.193. The van der Waals surface area contributed by atoms with Gasteiger partial charge in [-0.1, -0.05) is 18.2 Å². The lowest BCUT2D eigenvalue weighted by atomic mass is 9.96. The first-order valence-corrected chi connectivity index (χ1v) is 8.04. The van der Waals surface area contributed by atoms with Crippen molar-refractivity contribution in [2.24, 2.45) is 12.8 Å². The molecule has 3 rings (SSSR count). The third kappa shape index (κ3) is 3.73. The molecule has 0 bridgehead atoms. The number of amides is 1. The smallest absolute Gasteiger partial charge is 0.364 e. The van der Waals surface area contributed by atoms with Crippen LogP contribution in [0.4, 0.5) is 22.0 Å². The summed E-state index contributed by atoms with van der Waals surface area (Å²) in [6, 6.07) is 5.54. The molecule has 0 saturated carbocycles. The quantitative estimate of drug-likeness (QED) is 0.673. The van der Waals surface area contributed by atoms with Gasteiger partial charge in [0.25, 0.3) is 11.5 Å². The molecule has 0 unspecified atom stereocenters. The summed E-state index contributed by atoms with van der Waals surface area (Å²) in [5.74, 6) is -3.45. The second kappa shape index (κ2) is 7.12. The van der Waals surface area contributed by atoms with Crippen molar-refractivity contribution in [1.82, 2.24) is 9.55 Å². The van der Waals surface area contributed by atoms with Gasteiger partial charge in [-0.25, -0.2) is 13.8 Å². The number of carbonyl (C=O) groups excluding carboxylic acids is 1. The Hall–Kier alpha value is -3.56. The van der Waals surface area contributed by atoms with Crippen LogP contribution >= 0.6 is 0 Å². The van der Waals surface area contributed by atoms with Crippen LogP contribution in [0.2, 0.25) is 0 Å². The van der Waals surface area contributed by atoms with Gasteiger partial charge in [-0.3, -0.25) is 9.59 Å². The number of nitrogens with zero attached hydrogens (tertiary/aromatic N) is 2. The molecule has 1 amide bonds. The number of primary amides is 1. The molecule has 0 aliphatic carbocycles. The van der Waals surface area contributed by atoms with Crippen LogP contribution in [0.25, 0.3) is 22.4 Å². The Labute approximate surface area is 160 Å². The summed E-state index contributed by atoms with van der Waals surface area (Å²) in [7, 11) is 1.27. The van der Waals surface area contributed by atoms with Crippen molar-refractivity contribution >= 4 is 5.91 Å². The molecule has 10 heteroatoms. The van der Waals surface area contributed by atoms with E-state index in [0.29, 0.717) is 6.07 Å². The molecule has 0 spiro atoms. The number of carbonyl (C=O) groups is 1. The largest absolute Gasteiger partial charge is 0.419 e. The molecule has 150 valence electrons. The van der Waals surface area contributed by atoms with Crippen molar-refractivity contribution < 1.29 is 26.7 Å². The van der Waals surface area contributed by atoms with Crippen LogP contribution < -0.4 is 11.3 Å². The maximum atomic E-state index is 14.4. The van der Waals surface area contributed by atoms with Crippen molar-refractivity contribution in [3.05, 3.63) is 75.8 Å². The molecule has 0 aliphatic rings. The highest BCUT2D eigenvalue weighted by Gasteiger charge is 2.37. The lowest BCUT2D eigenvalue weighted by molar-refractivity contribution is -0.139. The highest BCUT2D eigenvalue weighted by Crippen LogP contribution is 2.39. The minimum Gasteiger partial charge on any atom is -0.364 e. The SMILES string of the molecule is Cn1cc(C(N)=O)nc(-c2cc(-c3cccc(F)c3C(F)(F)F)ccc2F)c1=O. The zero-order valence-corrected chi connectivity index (χ0v) is 14.7. The highest BCUT2D eigenvalue weighted by molar-refractivity contribution is 5.91. The van der Waals surface area contributed by atoms with E-state index in [1.807, 2.05) is 0 Å². The normalized spacial score (nSPS) is 11.5. The molecule has 0 atom stereocenters. The zero-order valence-electron chi connectivity index (χ0n) is 14.7. The average molecular weight is 409 g/mol. The van der Waals surface area contributed by atoms with Crippen LogP contribution in [0, 0.1) is 11.6 Å². The van der Waals surface area contributed by atoms with Gasteiger partial charge in [-0.2, -0.15) is 13.2 Å². The summed E-state index contributed by atoms with van der Waals surface area (Å²) in [6.45, 7) is 0. The maximum Gasteiger partial charge on any atom is 0.419 e. The number of aryl methyl sites for hydroxylation is 1. The minimum atomic E-state index is -5.00. The number of benzene rings is 2. The van der Waals surface area contributed by atoms with Crippen LogP contribution in [0.15, 0.2) is 47.4 Å². The fourth-order valence-electron chi connectivity index (χ4n) is 2.83. The van der Waals surface area contributed by atoms with Gasteiger partial charge in [0.05, 0.1) is 5.56 Å². The van der Waals surface area contributed by atoms with Gasteiger partial charge >= 0.3 is 6.18 Å². The molecular formula is C19H12F5N3O2. The van der Waals surface area contributed by atoms with Crippen molar-refractivity contribution in [2.45, 2.75) is 6.18 Å². The highest BCUT2D eigenvalue weighted by atomic mass is 19.4. The first kappa shape index (κ1) is 20.2. The molecule has 3 aromatic rings. The topological polar surface area (TPSA) is 78.0 Å². The van der Waals surface area contributed by atoms with Gasteiger partial charge in [-0.15, -0.1) is 0 Å². The summed E-state index contributed by atoms with van der Waals surface area (Å²) in [4.78, 5) is 27.5. The number of alkyl halides is 3. The lowest BCUT2D eigenvalue weighted by Gasteiger charge is -2.15. The summed E-state index contributed by atoms with van der Waals surface area (Å²) in [5, 5.41) is 0. The molecule has 2 N–H and O–H groups in total. The van der Waals surface area contributed by atoms with Crippen molar-refractivity contribution in [3.63, 3.8) is 0 Å². The summed E-state index contributed by atoms with van der Waals surface area (Å²) >= 11 is 0. The second-order valence-corrected chi connectivity index (χ2v) is 6.11. The molecule has 0 fully saturated rings. The Morgan fingerprint density at radius 2 is 1.76 bits per heavy atom. The Balaban J connectivity index is 2.30. The van der Waals surface area contributed by atoms with Gasteiger partial charge in [0.15, 0.2) is 0 Å².